The summed E-state index contributed by atoms with van der Waals surface area (Å²) >= 11 is 0. The summed E-state index contributed by atoms with van der Waals surface area (Å²) in [5, 5.41) is 8.91. The van der Waals surface area contributed by atoms with Crippen molar-refractivity contribution in [2.45, 2.75) is 19.0 Å². The van der Waals surface area contributed by atoms with Crippen molar-refractivity contribution >= 4 is 5.97 Å². The number of aromatic nitrogens is 2. The maximum Gasteiger partial charge on any atom is 0.443 e. The van der Waals surface area contributed by atoms with Gasteiger partial charge in [-0.05, 0) is 35.4 Å². The molecule has 0 amide bonds. The SMILES string of the molecule is O=C(O)c1ccc(OCC#CCn2c(=O)on(CC(c3ccccc3)c3ccccc3)c2=O)cc1. The van der Waals surface area contributed by atoms with Crippen molar-refractivity contribution < 1.29 is 19.2 Å². The Hall–Kier alpha value is -4.77. The molecule has 4 aromatic rings. The topological polar surface area (TPSA) is 104 Å². The summed E-state index contributed by atoms with van der Waals surface area (Å²) in [5.74, 6) is 3.95. The Labute approximate surface area is 200 Å². The Morgan fingerprint density at radius 3 is 2.06 bits per heavy atom. The minimum absolute atomic E-state index is 0.0112. The molecule has 1 aromatic heterocycles. The largest absolute Gasteiger partial charge is 0.481 e. The van der Waals surface area contributed by atoms with Gasteiger partial charge in [0.25, 0.3) is 0 Å². The van der Waals surface area contributed by atoms with Crippen molar-refractivity contribution in [3.05, 3.63) is 123 Å². The number of carboxylic acid groups (broad SMARTS) is 1. The van der Waals surface area contributed by atoms with Crippen molar-refractivity contribution in [1.29, 1.82) is 0 Å². The molecule has 0 aliphatic heterocycles. The number of ether oxygens (including phenoxy) is 1. The van der Waals surface area contributed by atoms with Crippen LogP contribution < -0.4 is 16.2 Å². The molecule has 8 heteroatoms. The zero-order chi connectivity index (χ0) is 24.6. The van der Waals surface area contributed by atoms with Gasteiger partial charge in [0.15, 0.2) is 0 Å². The molecule has 0 bridgehead atoms. The molecule has 3 aromatic carbocycles. The Kier molecular flexibility index (Phi) is 7.28. The number of hydrogen-bond donors (Lipinski definition) is 1. The van der Waals surface area contributed by atoms with E-state index in [4.69, 9.17) is 14.4 Å². The van der Waals surface area contributed by atoms with Gasteiger partial charge in [0.05, 0.1) is 18.7 Å². The smallest absolute Gasteiger partial charge is 0.443 e. The van der Waals surface area contributed by atoms with Gasteiger partial charge in [0.2, 0.25) is 0 Å². The van der Waals surface area contributed by atoms with E-state index in [-0.39, 0.29) is 31.2 Å². The summed E-state index contributed by atoms with van der Waals surface area (Å²) in [6.07, 6.45) is 0. The molecule has 0 aliphatic rings. The second kappa shape index (κ2) is 10.9. The van der Waals surface area contributed by atoms with Crippen LogP contribution in [-0.2, 0) is 13.1 Å². The standard InChI is InChI=1S/C27H22N2O6/c30-25(31)22-13-15-23(16-14-22)34-18-8-7-17-28-26(32)29(35-27(28)33)19-24(20-9-3-1-4-10-20)21-11-5-2-6-12-21/h1-6,9-16,24H,17-19H2,(H,30,31). The first-order chi connectivity index (χ1) is 17.0. The van der Waals surface area contributed by atoms with Crippen LogP contribution in [0, 0.1) is 11.8 Å². The number of nitrogens with zero attached hydrogens (tertiary/aromatic N) is 2. The number of rotatable bonds is 8. The van der Waals surface area contributed by atoms with E-state index in [0.717, 1.165) is 20.4 Å². The number of carbonyl (C=O) groups is 1. The molecule has 0 spiro atoms. The summed E-state index contributed by atoms with van der Waals surface area (Å²) in [6, 6.07) is 25.3. The van der Waals surface area contributed by atoms with Crippen LogP contribution in [-0.4, -0.2) is 27.0 Å². The van der Waals surface area contributed by atoms with Crippen LogP contribution in [0.4, 0.5) is 0 Å². The molecule has 8 nitrogen and oxygen atoms in total. The quantitative estimate of drug-likeness (QED) is 0.397. The third kappa shape index (κ3) is 5.78. The number of aromatic carboxylic acids is 1. The summed E-state index contributed by atoms with van der Waals surface area (Å²) in [4.78, 5) is 36.0. The molecule has 0 unspecified atom stereocenters. The van der Waals surface area contributed by atoms with Gasteiger partial charge in [-0.2, -0.15) is 4.74 Å². The molecule has 0 saturated heterocycles. The second-order valence-corrected chi connectivity index (χ2v) is 7.63. The van der Waals surface area contributed by atoms with E-state index in [0.29, 0.717) is 5.75 Å². The summed E-state index contributed by atoms with van der Waals surface area (Å²) in [6.45, 7) is 0.0338. The molecule has 0 fully saturated rings. The molecule has 35 heavy (non-hydrogen) atoms. The predicted molar refractivity (Wildman–Crippen MR) is 129 cm³/mol. The van der Waals surface area contributed by atoms with Crippen LogP contribution in [0.15, 0.2) is 99.0 Å². The van der Waals surface area contributed by atoms with Crippen LogP contribution in [0.2, 0.25) is 0 Å². The molecular formula is C27H22N2O6. The van der Waals surface area contributed by atoms with Crippen molar-refractivity contribution in [3.8, 4) is 17.6 Å². The highest BCUT2D eigenvalue weighted by Crippen LogP contribution is 2.25. The molecule has 1 N–H and O–H groups in total. The van der Waals surface area contributed by atoms with Crippen molar-refractivity contribution in [2.24, 2.45) is 0 Å². The molecule has 0 aliphatic carbocycles. The summed E-state index contributed by atoms with van der Waals surface area (Å²) in [7, 11) is 0. The molecule has 4 rings (SSSR count). The Morgan fingerprint density at radius 2 is 1.49 bits per heavy atom. The lowest BCUT2D eigenvalue weighted by molar-refractivity contribution is 0.0697. The highest BCUT2D eigenvalue weighted by molar-refractivity contribution is 5.87. The molecule has 1 heterocycles. The van der Waals surface area contributed by atoms with Crippen LogP contribution >= 0.6 is 0 Å². The van der Waals surface area contributed by atoms with Gasteiger partial charge >= 0.3 is 17.4 Å². The number of hydrogen-bond acceptors (Lipinski definition) is 5. The maximum atomic E-state index is 12.8. The minimum Gasteiger partial charge on any atom is -0.481 e. The predicted octanol–water partition coefficient (Wildman–Crippen LogP) is 3.22. The average molecular weight is 470 g/mol. The van der Waals surface area contributed by atoms with Crippen LogP contribution in [0.5, 0.6) is 5.75 Å². The average Bonchev–Trinajstić information content (AvgIpc) is 3.15. The molecule has 0 radical (unpaired) electrons. The summed E-state index contributed by atoms with van der Waals surface area (Å²) in [5.41, 5.74) is 1.57. The van der Waals surface area contributed by atoms with Gasteiger partial charge in [-0.1, -0.05) is 72.5 Å². The highest BCUT2D eigenvalue weighted by atomic mass is 16.5. The number of benzene rings is 3. The highest BCUT2D eigenvalue weighted by Gasteiger charge is 2.19. The van der Waals surface area contributed by atoms with Crippen molar-refractivity contribution in [2.75, 3.05) is 6.61 Å². The Morgan fingerprint density at radius 1 is 0.886 bits per heavy atom. The zero-order valence-corrected chi connectivity index (χ0v) is 18.7. The first-order valence-electron chi connectivity index (χ1n) is 10.9. The van der Waals surface area contributed by atoms with Gasteiger partial charge in [0, 0.05) is 5.92 Å². The van der Waals surface area contributed by atoms with Gasteiger partial charge in [0.1, 0.15) is 12.4 Å². The van der Waals surface area contributed by atoms with E-state index in [1.165, 1.54) is 24.3 Å². The van der Waals surface area contributed by atoms with E-state index in [9.17, 15) is 14.4 Å². The van der Waals surface area contributed by atoms with E-state index in [1.807, 2.05) is 60.7 Å². The molecule has 0 atom stereocenters. The first-order valence-corrected chi connectivity index (χ1v) is 10.9. The fraction of sp³-hybridized carbons (Fsp3) is 0.148. The van der Waals surface area contributed by atoms with Gasteiger partial charge in [-0.15, -0.1) is 0 Å². The monoisotopic (exact) mass is 470 g/mol. The van der Waals surface area contributed by atoms with Crippen LogP contribution in [0.25, 0.3) is 0 Å². The van der Waals surface area contributed by atoms with Gasteiger partial charge < -0.3 is 14.4 Å². The van der Waals surface area contributed by atoms with E-state index in [2.05, 4.69) is 11.8 Å². The van der Waals surface area contributed by atoms with E-state index >= 15 is 0 Å². The van der Waals surface area contributed by atoms with Crippen LogP contribution in [0.1, 0.15) is 27.4 Å². The second-order valence-electron chi connectivity index (χ2n) is 7.63. The molecular weight excluding hydrogens is 448 g/mol. The third-order valence-corrected chi connectivity index (χ3v) is 5.38. The third-order valence-electron chi connectivity index (χ3n) is 5.38. The van der Waals surface area contributed by atoms with Gasteiger partial charge in [-0.3, -0.25) is 0 Å². The normalized spacial score (nSPS) is 10.5. The van der Waals surface area contributed by atoms with E-state index in [1.54, 1.807) is 0 Å². The van der Waals surface area contributed by atoms with Crippen molar-refractivity contribution in [1.82, 2.24) is 9.31 Å². The van der Waals surface area contributed by atoms with Crippen molar-refractivity contribution in [3.63, 3.8) is 0 Å². The molecule has 0 saturated carbocycles. The first kappa shape index (κ1) is 23.4. The maximum absolute atomic E-state index is 12.8. The fourth-order valence-electron chi connectivity index (χ4n) is 3.58. The summed E-state index contributed by atoms with van der Waals surface area (Å²) < 4.78 is 12.7. The zero-order valence-electron chi connectivity index (χ0n) is 18.7. The number of carboxylic acids is 1. The minimum atomic E-state index is -1.02. The van der Waals surface area contributed by atoms with Gasteiger partial charge in [-0.25, -0.2) is 19.0 Å². The Balaban J connectivity index is 1.45. The molecule has 176 valence electrons. The fourth-order valence-corrected chi connectivity index (χ4v) is 3.58. The van der Waals surface area contributed by atoms with Crippen LogP contribution in [0.3, 0.4) is 0 Å². The lowest BCUT2D eigenvalue weighted by atomic mass is 9.91. The Bertz CT molecular complexity index is 1420. The lowest BCUT2D eigenvalue weighted by Crippen LogP contribution is -2.29. The van der Waals surface area contributed by atoms with E-state index < -0.39 is 17.4 Å². The lowest BCUT2D eigenvalue weighted by Gasteiger charge is -2.17.